The van der Waals surface area contributed by atoms with Crippen LogP contribution in [0.2, 0.25) is 0 Å². The monoisotopic (exact) mass is 222 g/mol. The zero-order valence-electron chi connectivity index (χ0n) is 9.15. The van der Waals surface area contributed by atoms with Crippen molar-refractivity contribution in [3.63, 3.8) is 0 Å². The van der Waals surface area contributed by atoms with Gasteiger partial charge in [0, 0.05) is 11.4 Å². The third-order valence-corrected chi connectivity index (χ3v) is 3.07. The molecule has 0 saturated carbocycles. The molecule has 1 aromatic heterocycles. The molecule has 0 bridgehead atoms. The number of hydrogen-bond acceptors (Lipinski definition) is 3. The van der Waals surface area contributed by atoms with E-state index in [1.54, 1.807) is 4.90 Å². The Hall–Kier alpha value is -1.34. The quantitative estimate of drug-likeness (QED) is 0.737. The number of amides is 1. The number of nitrogens with zero attached hydrogens (tertiary/aromatic N) is 2. The molecule has 0 atom stereocenters. The van der Waals surface area contributed by atoms with Crippen LogP contribution in [0.1, 0.15) is 29.8 Å². The van der Waals surface area contributed by atoms with Crippen LogP contribution in [0.4, 0.5) is 0 Å². The summed E-state index contributed by atoms with van der Waals surface area (Å²) in [5.74, 6) is -0.0506. The fraction of sp³-hybridized carbons (Fsp3) is 0.455. The molecule has 0 N–H and O–H groups in total. The average molecular weight is 222 g/mol. The molecule has 0 aliphatic rings. The van der Waals surface area contributed by atoms with Gasteiger partial charge in [0.05, 0.1) is 11.6 Å². The molecule has 1 rings (SSSR count). The van der Waals surface area contributed by atoms with Crippen LogP contribution in [0.5, 0.6) is 0 Å². The first-order valence-corrected chi connectivity index (χ1v) is 5.73. The van der Waals surface area contributed by atoms with E-state index in [1.165, 1.54) is 11.3 Å². The molecule has 0 unspecified atom stereocenters. The molecule has 0 aromatic carbocycles. The van der Waals surface area contributed by atoms with E-state index in [1.807, 2.05) is 37.6 Å². The number of rotatable bonds is 3. The summed E-state index contributed by atoms with van der Waals surface area (Å²) in [7, 11) is 0. The van der Waals surface area contributed by atoms with E-state index in [0.717, 1.165) is 5.56 Å². The van der Waals surface area contributed by atoms with Gasteiger partial charge in [-0.1, -0.05) is 0 Å². The van der Waals surface area contributed by atoms with Crippen molar-refractivity contribution in [3.8, 4) is 6.07 Å². The SMILES string of the molecule is Cc1cscc1C(=O)N(CC#N)C(C)C. The van der Waals surface area contributed by atoms with Gasteiger partial charge >= 0.3 is 0 Å². The van der Waals surface area contributed by atoms with E-state index in [9.17, 15) is 4.79 Å². The fourth-order valence-corrected chi connectivity index (χ4v) is 2.12. The van der Waals surface area contributed by atoms with Gasteiger partial charge < -0.3 is 4.90 Å². The van der Waals surface area contributed by atoms with E-state index in [2.05, 4.69) is 0 Å². The minimum Gasteiger partial charge on any atom is -0.323 e. The van der Waals surface area contributed by atoms with Gasteiger partial charge in [0.15, 0.2) is 0 Å². The Morgan fingerprint density at radius 3 is 2.67 bits per heavy atom. The van der Waals surface area contributed by atoms with Crippen LogP contribution in [0, 0.1) is 18.3 Å². The molecule has 0 radical (unpaired) electrons. The van der Waals surface area contributed by atoms with Crippen molar-refractivity contribution in [2.75, 3.05) is 6.54 Å². The van der Waals surface area contributed by atoms with Crippen LogP contribution in [0.25, 0.3) is 0 Å². The molecule has 0 fully saturated rings. The summed E-state index contributed by atoms with van der Waals surface area (Å²) in [4.78, 5) is 13.6. The Balaban J connectivity index is 2.92. The lowest BCUT2D eigenvalue weighted by molar-refractivity contribution is 0.0731. The average Bonchev–Trinajstić information content (AvgIpc) is 2.59. The first kappa shape index (κ1) is 11.7. The van der Waals surface area contributed by atoms with Crippen molar-refractivity contribution in [2.45, 2.75) is 26.8 Å². The molecular weight excluding hydrogens is 208 g/mol. The highest BCUT2D eigenvalue weighted by Gasteiger charge is 2.20. The van der Waals surface area contributed by atoms with E-state index in [4.69, 9.17) is 5.26 Å². The summed E-state index contributed by atoms with van der Waals surface area (Å²) in [6.07, 6.45) is 0. The van der Waals surface area contributed by atoms with Crippen LogP contribution < -0.4 is 0 Å². The van der Waals surface area contributed by atoms with Gasteiger partial charge in [-0.25, -0.2) is 0 Å². The summed E-state index contributed by atoms with van der Waals surface area (Å²) >= 11 is 1.51. The van der Waals surface area contributed by atoms with E-state index < -0.39 is 0 Å². The molecule has 0 saturated heterocycles. The highest BCUT2D eigenvalue weighted by atomic mass is 32.1. The third-order valence-electron chi connectivity index (χ3n) is 2.21. The first-order chi connectivity index (χ1) is 7.07. The van der Waals surface area contributed by atoms with Crippen LogP contribution in [0.15, 0.2) is 10.8 Å². The van der Waals surface area contributed by atoms with Crippen LogP contribution in [-0.2, 0) is 0 Å². The maximum atomic E-state index is 12.0. The Bertz CT molecular complexity index is 390. The smallest absolute Gasteiger partial charge is 0.256 e. The molecular formula is C11H14N2OS. The van der Waals surface area contributed by atoms with Crippen molar-refractivity contribution in [2.24, 2.45) is 0 Å². The third kappa shape index (κ3) is 2.57. The zero-order chi connectivity index (χ0) is 11.4. The Morgan fingerprint density at radius 2 is 2.27 bits per heavy atom. The van der Waals surface area contributed by atoms with Crippen LogP contribution in [-0.4, -0.2) is 23.4 Å². The molecule has 80 valence electrons. The van der Waals surface area contributed by atoms with Crippen LogP contribution >= 0.6 is 11.3 Å². The summed E-state index contributed by atoms with van der Waals surface area (Å²) in [5.41, 5.74) is 1.69. The second-order valence-electron chi connectivity index (χ2n) is 3.65. The summed E-state index contributed by atoms with van der Waals surface area (Å²) < 4.78 is 0. The zero-order valence-corrected chi connectivity index (χ0v) is 9.97. The van der Waals surface area contributed by atoms with Crippen molar-refractivity contribution >= 4 is 17.2 Å². The molecule has 4 heteroatoms. The second kappa shape index (κ2) is 4.94. The van der Waals surface area contributed by atoms with Crippen molar-refractivity contribution in [3.05, 3.63) is 21.9 Å². The first-order valence-electron chi connectivity index (χ1n) is 4.78. The Morgan fingerprint density at radius 1 is 1.60 bits per heavy atom. The lowest BCUT2D eigenvalue weighted by atomic mass is 10.1. The van der Waals surface area contributed by atoms with Gasteiger partial charge in [0.25, 0.3) is 5.91 Å². The maximum absolute atomic E-state index is 12.0. The van der Waals surface area contributed by atoms with Gasteiger partial charge in [0.1, 0.15) is 6.54 Å². The molecule has 0 aliphatic heterocycles. The molecule has 1 aromatic rings. The molecule has 0 aliphatic carbocycles. The number of nitriles is 1. The van der Waals surface area contributed by atoms with Gasteiger partial charge in [-0.15, -0.1) is 0 Å². The standard InChI is InChI=1S/C11H14N2OS/c1-8(2)13(5-4-12)11(14)10-7-15-6-9(10)3/h6-8H,5H2,1-3H3. The molecule has 0 spiro atoms. The summed E-state index contributed by atoms with van der Waals surface area (Å²) in [5, 5.41) is 12.4. The van der Waals surface area contributed by atoms with E-state index in [0.29, 0.717) is 5.56 Å². The lowest BCUT2D eigenvalue weighted by Gasteiger charge is -2.23. The summed E-state index contributed by atoms with van der Waals surface area (Å²) in [6.45, 7) is 5.88. The molecule has 1 amide bonds. The van der Waals surface area contributed by atoms with Gasteiger partial charge in [0.2, 0.25) is 0 Å². The van der Waals surface area contributed by atoms with Gasteiger partial charge in [-0.3, -0.25) is 4.79 Å². The number of aryl methyl sites for hydroxylation is 1. The number of carbonyl (C=O) groups excluding carboxylic acids is 1. The van der Waals surface area contributed by atoms with E-state index >= 15 is 0 Å². The predicted octanol–water partition coefficient (Wildman–Crippen LogP) is 2.43. The second-order valence-corrected chi connectivity index (χ2v) is 4.40. The minimum atomic E-state index is -0.0506. The van der Waals surface area contributed by atoms with Gasteiger partial charge in [-0.05, 0) is 31.7 Å². The largest absolute Gasteiger partial charge is 0.323 e. The lowest BCUT2D eigenvalue weighted by Crippen LogP contribution is -2.37. The minimum absolute atomic E-state index is 0.0506. The normalized spacial score (nSPS) is 10.1. The topological polar surface area (TPSA) is 44.1 Å². The van der Waals surface area contributed by atoms with Crippen molar-refractivity contribution in [1.29, 1.82) is 5.26 Å². The highest BCUT2D eigenvalue weighted by molar-refractivity contribution is 7.08. The van der Waals surface area contributed by atoms with Crippen molar-refractivity contribution < 1.29 is 4.79 Å². The van der Waals surface area contributed by atoms with E-state index in [-0.39, 0.29) is 18.5 Å². The maximum Gasteiger partial charge on any atom is 0.256 e. The Kier molecular flexibility index (Phi) is 3.87. The van der Waals surface area contributed by atoms with Crippen molar-refractivity contribution in [1.82, 2.24) is 4.90 Å². The van der Waals surface area contributed by atoms with Crippen LogP contribution in [0.3, 0.4) is 0 Å². The predicted molar refractivity (Wildman–Crippen MR) is 60.8 cm³/mol. The Labute approximate surface area is 93.9 Å². The number of hydrogen-bond donors (Lipinski definition) is 0. The molecule has 1 heterocycles. The van der Waals surface area contributed by atoms with Gasteiger partial charge in [-0.2, -0.15) is 16.6 Å². The highest BCUT2D eigenvalue weighted by Crippen LogP contribution is 2.17. The molecule has 3 nitrogen and oxygen atoms in total. The number of thiophene rings is 1. The summed E-state index contributed by atoms with van der Waals surface area (Å²) in [6, 6.07) is 2.07. The molecule has 15 heavy (non-hydrogen) atoms. The fourth-order valence-electron chi connectivity index (χ4n) is 1.30. The number of carbonyl (C=O) groups is 1.